The van der Waals surface area contributed by atoms with Gasteiger partial charge in [-0.05, 0) is 38.3 Å². The number of likely N-dealkylation sites (tertiary alicyclic amines) is 1. The highest BCUT2D eigenvalue weighted by atomic mass is 16.6. The lowest BCUT2D eigenvalue weighted by molar-refractivity contribution is -0.126. The number of benzene rings is 1. The predicted molar refractivity (Wildman–Crippen MR) is 135 cm³/mol. The fourth-order valence-corrected chi connectivity index (χ4v) is 4.16. The first-order chi connectivity index (χ1) is 17.8. The van der Waals surface area contributed by atoms with Crippen molar-refractivity contribution < 1.29 is 24.2 Å². The number of carbonyl (C=O) groups is 2. The van der Waals surface area contributed by atoms with Crippen LogP contribution in [0.15, 0.2) is 48.7 Å². The monoisotopic (exact) mass is 510 g/mol. The van der Waals surface area contributed by atoms with Crippen molar-refractivity contribution in [1.82, 2.24) is 24.8 Å². The van der Waals surface area contributed by atoms with Gasteiger partial charge in [-0.25, -0.2) is 4.79 Å². The van der Waals surface area contributed by atoms with Crippen molar-refractivity contribution in [3.63, 3.8) is 0 Å². The predicted octanol–water partition coefficient (Wildman–Crippen LogP) is 1.93. The molecule has 1 aromatic carbocycles. The number of aromatic nitrogens is 3. The molecule has 11 heteroatoms. The van der Waals surface area contributed by atoms with Crippen molar-refractivity contribution in [3.05, 3.63) is 65.6 Å². The van der Waals surface area contributed by atoms with Crippen molar-refractivity contribution in [2.24, 2.45) is 5.73 Å². The van der Waals surface area contributed by atoms with E-state index in [0.717, 1.165) is 24.0 Å². The number of carbonyl (C=O) groups excluding carboxylic acids is 2. The molecule has 3 heterocycles. The number of hydrogen-bond acceptors (Lipinski definition) is 8. The lowest BCUT2D eigenvalue weighted by Gasteiger charge is -2.23. The van der Waals surface area contributed by atoms with Crippen molar-refractivity contribution in [1.29, 1.82) is 0 Å². The summed E-state index contributed by atoms with van der Waals surface area (Å²) in [6.07, 6.45) is 2.93. The van der Waals surface area contributed by atoms with Crippen LogP contribution in [0.2, 0.25) is 0 Å². The Kier molecular flexibility index (Phi) is 8.37. The van der Waals surface area contributed by atoms with Gasteiger partial charge < -0.3 is 30.5 Å². The van der Waals surface area contributed by atoms with E-state index in [0.29, 0.717) is 24.6 Å². The maximum absolute atomic E-state index is 12.7. The molecule has 0 bridgehead atoms. The molecule has 2 amide bonds. The Morgan fingerprint density at radius 1 is 1.16 bits per heavy atom. The zero-order valence-electron chi connectivity index (χ0n) is 21.2. The van der Waals surface area contributed by atoms with Gasteiger partial charge in [0.15, 0.2) is 11.5 Å². The summed E-state index contributed by atoms with van der Waals surface area (Å²) in [6.45, 7) is 4.29. The third-order valence-corrected chi connectivity index (χ3v) is 6.27. The Morgan fingerprint density at radius 2 is 1.95 bits per heavy atom. The molecule has 2 aromatic heterocycles. The highest BCUT2D eigenvalue weighted by molar-refractivity contribution is 5.85. The Labute approximate surface area is 215 Å². The fraction of sp³-hybridized carbons (Fsp3) is 0.462. The molecule has 1 aliphatic rings. The molecule has 0 saturated carbocycles. The van der Waals surface area contributed by atoms with Crippen LogP contribution in [0, 0.1) is 0 Å². The number of fused-ring (bicyclic) bond motifs is 1. The van der Waals surface area contributed by atoms with Crippen LogP contribution in [0.3, 0.4) is 0 Å². The van der Waals surface area contributed by atoms with Crippen LogP contribution >= 0.6 is 0 Å². The van der Waals surface area contributed by atoms with Crippen molar-refractivity contribution in [2.75, 3.05) is 19.8 Å². The number of aliphatic hydroxyl groups excluding tert-OH is 1. The molecule has 0 unspecified atom stereocenters. The van der Waals surface area contributed by atoms with Gasteiger partial charge in [0.25, 0.3) is 0 Å². The van der Waals surface area contributed by atoms with Gasteiger partial charge in [-0.3, -0.25) is 9.20 Å². The summed E-state index contributed by atoms with van der Waals surface area (Å²) in [4.78, 5) is 26.8. The molecule has 37 heavy (non-hydrogen) atoms. The standard InChI is InChI=1S/C26H34N6O5/c1-26(2,27)24(34)28-21(17-36-15-18-7-4-3-5-8-18)23-30-29-22-11-10-19(13-32(22)23)16-37-25(35)31-12-6-9-20(31)14-33/h3-5,7-8,10-11,13,20-21,33H,6,9,12,14-17,27H2,1-2H3,(H,28,34)/t20-,21+/m0/s1. The molecule has 198 valence electrons. The van der Waals surface area contributed by atoms with Crippen molar-refractivity contribution >= 4 is 17.6 Å². The summed E-state index contributed by atoms with van der Waals surface area (Å²) in [5.41, 5.74) is 7.21. The average Bonchev–Trinajstić information content (AvgIpc) is 3.53. The first-order valence-electron chi connectivity index (χ1n) is 12.4. The number of amides is 2. The number of nitrogens with two attached hydrogens (primary N) is 1. The van der Waals surface area contributed by atoms with E-state index in [1.807, 2.05) is 30.3 Å². The van der Waals surface area contributed by atoms with E-state index in [4.69, 9.17) is 15.2 Å². The van der Waals surface area contributed by atoms with Gasteiger partial charge in [-0.2, -0.15) is 0 Å². The van der Waals surface area contributed by atoms with E-state index in [-0.39, 0.29) is 31.8 Å². The van der Waals surface area contributed by atoms with Gasteiger partial charge in [-0.15, -0.1) is 10.2 Å². The quantitative estimate of drug-likeness (QED) is 0.375. The Bertz CT molecular complexity index is 1210. The second-order valence-corrected chi connectivity index (χ2v) is 9.80. The molecule has 1 aliphatic heterocycles. The molecule has 3 aromatic rings. The van der Waals surface area contributed by atoms with Gasteiger partial charge in [-0.1, -0.05) is 36.4 Å². The van der Waals surface area contributed by atoms with E-state index in [1.54, 1.807) is 41.5 Å². The largest absolute Gasteiger partial charge is 0.444 e. The smallest absolute Gasteiger partial charge is 0.410 e. The van der Waals surface area contributed by atoms with Crippen LogP contribution in [-0.2, 0) is 27.5 Å². The van der Waals surface area contributed by atoms with E-state index < -0.39 is 17.7 Å². The minimum absolute atomic E-state index is 0.0401. The van der Waals surface area contributed by atoms with E-state index in [1.165, 1.54) is 0 Å². The zero-order valence-corrected chi connectivity index (χ0v) is 21.2. The zero-order chi connectivity index (χ0) is 26.4. The summed E-state index contributed by atoms with van der Waals surface area (Å²) in [5.74, 6) is 0.112. The van der Waals surface area contributed by atoms with Crippen LogP contribution < -0.4 is 11.1 Å². The van der Waals surface area contributed by atoms with Gasteiger partial charge in [0.1, 0.15) is 12.6 Å². The maximum atomic E-state index is 12.7. The second-order valence-electron chi connectivity index (χ2n) is 9.80. The Hall–Kier alpha value is -3.54. The molecule has 0 spiro atoms. The van der Waals surface area contributed by atoms with Crippen LogP contribution in [0.25, 0.3) is 5.65 Å². The van der Waals surface area contributed by atoms with E-state index in [2.05, 4.69) is 15.5 Å². The number of ether oxygens (including phenoxy) is 2. The molecular formula is C26H34N6O5. The Morgan fingerprint density at radius 3 is 2.68 bits per heavy atom. The first kappa shape index (κ1) is 26.5. The minimum atomic E-state index is -1.10. The average molecular weight is 511 g/mol. The lowest BCUT2D eigenvalue weighted by atomic mass is 10.1. The molecule has 1 saturated heterocycles. The fourth-order valence-electron chi connectivity index (χ4n) is 4.16. The SMILES string of the molecule is CC(C)(N)C(=O)N[C@H](COCc1ccccc1)c1nnc2ccc(COC(=O)N3CCC[C@H]3CO)cn12. The van der Waals surface area contributed by atoms with Gasteiger partial charge in [0, 0.05) is 18.3 Å². The number of rotatable bonds is 10. The normalized spacial score (nSPS) is 16.6. The molecule has 0 aliphatic carbocycles. The summed E-state index contributed by atoms with van der Waals surface area (Å²) < 4.78 is 13.2. The molecule has 11 nitrogen and oxygen atoms in total. The highest BCUT2D eigenvalue weighted by Gasteiger charge is 2.30. The maximum Gasteiger partial charge on any atom is 0.410 e. The van der Waals surface area contributed by atoms with Crippen molar-refractivity contribution in [2.45, 2.75) is 57.5 Å². The van der Waals surface area contributed by atoms with Crippen molar-refractivity contribution in [3.8, 4) is 0 Å². The van der Waals surface area contributed by atoms with Crippen LogP contribution in [-0.4, -0.2) is 67.9 Å². The number of nitrogens with zero attached hydrogens (tertiary/aromatic N) is 4. The molecule has 4 N–H and O–H groups in total. The number of hydrogen-bond donors (Lipinski definition) is 3. The topological polar surface area (TPSA) is 144 Å². The van der Waals surface area contributed by atoms with E-state index >= 15 is 0 Å². The lowest BCUT2D eigenvalue weighted by Crippen LogP contribution is -2.50. The molecule has 2 atom stereocenters. The molecule has 1 fully saturated rings. The third-order valence-electron chi connectivity index (χ3n) is 6.27. The van der Waals surface area contributed by atoms with Gasteiger partial charge in [0.2, 0.25) is 5.91 Å². The third kappa shape index (κ3) is 6.62. The van der Waals surface area contributed by atoms with Crippen LogP contribution in [0.5, 0.6) is 0 Å². The van der Waals surface area contributed by atoms with Crippen LogP contribution in [0.1, 0.15) is 49.7 Å². The number of nitrogens with one attached hydrogen (secondary N) is 1. The van der Waals surface area contributed by atoms with Gasteiger partial charge >= 0.3 is 6.09 Å². The van der Waals surface area contributed by atoms with Gasteiger partial charge in [0.05, 0.1) is 31.4 Å². The summed E-state index contributed by atoms with van der Waals surface area (Å²) in [5, 5.41) is 20.9. The second kappa shape index (κ2) is 11.7. The molecule has 0 radical (unpaired) electrons. The van der Waals surface area contributed by atoms with E-state index in [9.17, 15) is 14.7 Å². The minimum Gasteiger partial charge on any atom is -0.444 e. The number of pyridine rings is 1. The number of aliphatic hydroxyl groups is 1. The summed E-state index contributed by atoms with van der Waals surface area (Å²) >= 11 is 0. The molecular weight excluding hydrogens is 476 g/mol. The first-order valence-corrected chi connectivity index (χ1v) is 12.4. The van der Waals surface area contributed by atoms with Crippen LogP contribution in [0.4, 0.5) is 4.79 Å². The summed E-state index contributed by atoms with van der Waals surface area (Å²) in [6, 6.07) is 12.5. The summed E-state index contributed by atoms with van der Waals surface area (Å²) in [7, 11) is 0. The Balaban J connectivity index is 1.50. The molecule has 4 rings (SSSR count). The highest BCUT2D eigenvalue weighted by Crippen LogP contribution is 2.20.